The van der Waals surface area contributed by atoms with Crippen molar-refractivity contribution in [1.29, 1.82) is 0 Å². The molecule has 0 aliphatic heterocycles. The van der Waals surface area contributed by atoms with E-state index >= 15 is 0 Å². The Morgan fingerprint density at radius 1 is 1.53 bits per heavy atom. The van der Waals surface area contributed by atoms with Crippen LogP contribution in [0.25, 0.3) is 0 Å². The van der Waals surface area contributed by atoms with Crippen LogP contribution >= 0.6 is 23.1 Å². The molecule has 76 valence electrons. The highest BCUT2D eigenvalue weighted by Gasteiger charge is 2.06. The van der Waals surface area contributed by atoms with Gasteiger partial charge in [0.05, 0.1) is 0 Å². The third-order valence-electron chi connectivity index (χ3n) is 1.50. The molecule has 7 heteroatoms. The monoisotopic (exact) mass is 239 g/mol. The van der Waals surface area contributed by atoms with Gasteiger partial charge >= 0.3 is 5.97 Å². The van der Waals surface area contributed by atoms with Crippen LogP contribution in [0.4, 0.5) is 0 Å². The van der Waals surface area contributed by atoms with Crippen molar-refractivity contribution in [1.82, 2.24) is 15.2 Å². The van der Waals surface area contributed by atoms with E-state index in [9.17, 15) is 4.79 Å². The summed E-state index contributed by atoms with van der Waals surface area (Å²) in [6.07, 6.45) is 1.47. The summed E-state index contributed by atoms with van der Waals surface area (Å²) in [5.74, 6) is -1.03. The summed E-state index contributed by atoms with van der Waals surface area (Å²) in [7, 11) is 0. The zero-order valence-electron chi connectivity index (χ0n) is 7.32. The van der Waals surface area contributed by atoms with Crippen LogP contribution in [0.3, 0.4) is 0 Å². The molecule has 0 aliphatic carbocycles. The Bertz CT molecular complexity index is 472. The lowest BCUT2D eigenvalue weighted by molar-refractivity contribution is 0.0690. The molecule has 2 aromatic rings. The number of aromatic nitrogens is 3. The van der Waals surface area contributed by atoms with Crippen molar-refractivity contribution in [2.45, 2.75) is 9.24 Å². The lowest BCUT2D eigenvalue weighted by Crippen LogP contribution is -1.99. The standard InChI is InChI=1S/C8H5N3O2S2/c12-7(13)6-3-5(1-2-9-6)15-8-11-10-4-14-8/h1-4H,(H,12,13). The fraction of sp³-hybridized carbons (Fsp3) is 0. The lowest BCUT2D eigenvalue weighted by atomic mass is 10.4. The molecule has 1 N–H and O–H groups in total. The van der Waals surface area contributed by atoms with Gasteiger partial charge in [0, 0.05) is 11.1 Å². The van der Waals surface area contributed by atoms with E-state index in [0.29, 0.717) is 0 Å². The highest BCUT2D eigenvalue weighted by Crippen LogP contribution is 2.28. The number of rotatable bonds is 3. The molecule has 2 rings (SSSR count). The molecule has 0 spiro atoms. The Hall–Kier alpha value is -1.47. The van der Waals surface area contributed by atoms with Crippen molar-refractivity contribution in [3.05, 3.63) is 29.5 Å². The summed E-state index contributed by atoms with van der Waals surface area (Å²) in [6.45, 7) is 0. The van der Waals surface area contributed by atoms with Gasteiger partial charge < -0.3 is 5.11 Å². The third kappa shape index (κ3) is 2.51. The second-order valence-corrected chi connectivity index (χ2v) is 4.64. The van der Waals surface area contributed by atoms with E-state index < -0.39 is 5.97 Å². The Labute approximate surface area is 93.2 Å². The van der Waals surface area contributed by atoms with Gasteiger partial charge in [0.1, 0.15) is 11.2 Å². The van der Waals surface area contributed by atoms with Gasteiger partial charge in [-0.15, -0.1) is 10.2 Å². The number of carboxylic acids is 1. The van der Waals surface area contributed by atoms with Gasteiger partial charge in [0.15, 0.2) is 4.34 Å². The van der Waals surface area contributed by atoms with Crippen molar-refractivity contribution in [2.24, 2.45) is 0 Å². The molecule has 0 radical (unpaired) electrons. The van der Waals surface area contributed by atoms with Crippen molar-refractivity contribution >= 4 is 29.1 Å². The molecule has 0 fully saturated rings. The highest BCUT2D eigenvalue weighted by molar-refractivity contribution is 8.01. The molecular weight excluding hydrogens is 234 g/mol. The summed E-state index contributed by atoms with van der Waals surface area (Å²) < 4.78 is 0.775. The van der Waals surface area contributed by atoms with Crippen molar-refractivity contribution < 1.29 is 9.90 Å². The number of pyridine rings is 1. The van der Waals surface area contributed by atoms with Gasteiger partial charge in [-0.2, -0.15) is 0 Å². The maximum absolute atomic E-state index is 10.7. The quantitative estimate of drug-likeness (QED) is 0.879. The molecule has 0 unspecified atom stereocenters. The molecule has 0 bridgehead atoms. The predicted octanol–water partition coefficient (Wildman–Crippen LogP) is 1.78. The van der Waals surface area contributed by atoms with Crippen LogP contribution in [0.1, 0.15) is 10.5 Å². The van der Waals surface area contributed by atoms with Gasteiger partial charge in [0.25, 0.3) is 0 Å². The van der Waals surface area contributed by atoms with E-state index in [0.717, 1.165) is 9.24 Å². The third-order valence-corrected chi connectivity index (χ3v) is 3.26. The molecule has 0 atom stereocenters. The second kappa shape index (κ2) is 4.37. The number of aromatic carboxylic acids is 1. The zero-order valence-corrected chi connectivity index (χ0v) is 8.96. The summed E-state index contributed by atoms with van der Waals surface area (Å²) in [4.78, 5) is 15.2. The molecular formula is C8H5N3O2S2. The molecule has 2 aromatic heterocycles. The maximum Gasteiger partial charge on any atom is 0.354 e. The van der Waals surface area contributed by atoms with Crippen LogP contribution in [0.2, 0.25) is 0 Å². The molecule has 0 saturated heterocycles. The van der Waals surface area contributed by atoms with E-state index in [-0.39, 0.29) is 5.69 Å². The fourth-order valence-corrected chi connectivity index (χ4v) is 2.38. The summed E-state index contributed by atoms with van der Waals surface area (Å²) in [6, 6.07) is 3.24. The van der Waals surface area contributed by atoms with Crippen molar-refractivity contribution in [3.63, 3.8) is 0 Å². The SMILES string of the molecule is O=C(O)c1cc(Sc2nncs2)ccn1. The van der Waals surface area contributed by atoms with Crippen LogP contribution in [-0.4, -0.2) is 26.3 Å². The molecule has 0 saturated carbocycles. The van der Waals surface area contributed by atoms with Gasteiger partial charge in [-0.05, 0) is 12.1 Å². The van der Waals surface area contributed by atoms with Gasteiger partial charge in [-0.25, -0.2) is 9.78 Å². The number of carbonyl (C=O) groups is 1. The zero-order chi connectivity index (χ0) is 10.7. The van der Waals surface area contributed by atoms with E-state index in [1.165, 1.54) is 35.4 Å². The van der Waals surface area contributed by atoms with E-state index in [1.54, 1.807) is 11.6 Å². The topological polar surface area (TPSA) is 76.0 Å². The van der Waals surface area contributed by atoms with Crippen LogP contribution in [0, 0.1) is 0 Å². The van der Waals surface area contributed by atoms with Crippen LogP contribution < -0.4 is 0 Å². The number of hydrogen-bond acceptors (Lipinski definition) is 6. The number of carboxylic acid groups (broad SMARTS) is 1. The normalized spacial score (nSPS) is 10.1. The molecule has 2 heterocycles. The van der Waals surface area contributed by atoms with Crippen LogP contribution in [0.5, 0.6) is 0 Å². The van der Waals surface area contributed by atoms with Gasteiger partial charge in [0.2, 0.25) is 0 Å². The Morgan fingerprint density at radius 3 is 3.07 bits per heavy atom. The van der Waals surface area contributed by atoms with Crippen molar-refractivity contribution in [2.75, 3.05) is 0 Å². The van der Waals surface area contributed by atoms with Crippen LogP contribution in [-0.2, 0) is 0 Å². The fourth-order valence-electron chi connectivity index (χ4n) is 0.900. The first-order chi connectivity index (χ1) is 7.25. The van der Waals surface area contributed by atoms with Crippen molar-refractivity contribution in [3.8, 4) is 0 Å². The Morgan fingerprint density at radius 2 is 2.40 bits per heavy atom. The Balaban J connectivity index is 2.22. The predicted molar refractivity (Wildman–Crippen MR) is 55.2 cm³/mol. The minimum absolute atomic E-state index is 0.0320. The highest BCUT2D eigenvalue weighted by atomic mass is 32.2. The Kier molecular flexibility index (Phi) is 2.93. The van der Waals surface area contributed by atoms with E-state index in [1.807, 2.05) is 0 Å². The molecule has 0 aliphatic rings. The van der Waals surface area contributed by atoms with E-state index in [4.69, 9.17) is 5.11 Å². The second-order valence-electron chi connectivity index (χ2n) is 2.49. The largest absolute Gasteiger partial charge is 0.477 e. The van der Waals surface area contributed by atoms with Gasteiger partial charge in [-0.3, -0.25) is 0 Å². The molecule has 0 amide bonds. The smallest absolute Gasteiger partial charge is 0.354 e. The lowest BCUT2D eigenvalue weighted by Gasteiger charge is -1.97. The summed E-state index contributed by atoms with van der Waals surface area (Å²) in [5.41, 5.74) is 1.66. The maximum atomic E-state index is 10.7. The van der Waals surface area contributed by atoms with Crippen LogP contribution in [0.15, 0.2) is 33.1 Å². The molecule has 15 heavy (non-hydrogen) atoms. The first-order valence-electron chi connectivity index (χ1n) is 3.89. The minimum atomic E-state index is -1.03. The summed E-state index contributed by atoms with van der Waals surface area (Å²) in [5, 5.41) is 16.3. The average Bonchev–Trinajstić information content (AvgIpc) is 2.71. The first-order valence-corrected chi connectivity index (χ1v) is 5.58. The number of hydrogen-bond donors (Lipinski definition) is 1. The molecule has 5 nitrogen and oxygen atoms in total. The summed E-state index contributed by atoms with van der Waals surface area (Å²) >= 11 is 2.77. The average molecular weight is 239 g/mol. The van der Waals surface area contributed by atoms with E-state index in [2.05, 4.69) is 15.2 Å². The number of nitrogens with zero attached hydrogens (tertiary/aromatic N) is 3. The first kappa shape index (κ1) is 10.1. The molecule has 0 aromatic carbocycles. The minimum Gasteiger partial charge on any atom is -0.477 e. The van der Waals surface area contributed by atoms with Gasteiger partial charge in [-0.1, -0.05) is 23.1 Å².